The van der Waals surface area contributed by atoms with Gasteiger partial charge in [-0.05, 0) is 16.7 Å². The number of nitrogens with zero attached hydrogens (tertiary/aromatic N) is 6. The Morgan fingerprint density at radius 3 is 1.09 bits per heavy atom. The number of furan rings is 3. The number of benzene rings is 6. The standard InChI is InChI=1S/C19H14N2O2.C18H11ClN2O.C18H13N3O.CH4/c1-22-18-16-15(13-8-4-2-5-9-13)17(14-10-6-3-7-11-14)23-19(16)21-12-20-18;2*19-17-15-14(12-7-3-1-4-8-12)16(13-9-5-2-6-10-13)22-18(15)21-11-20-17;/h2-12H,1H3;1-11H;1-11H,(H2,19,20,21);1H4. The summed E-state index contributed by atoms with van der Waals surface area (Å²) in [6, 6.07) is 60.0. The summed E-state index contributed by atoms with van der Waals surface area (Å²) in [5.74, 6) is 3.22. The first-order valence-electron chi connectivity index (χ1n) is 21.2. The van der Waals surface area contributed by atoms with Crippen LogP contribution in [0.1, 0.15) is 7.43 Å². The van der Waals surface area contributed by atoms with Crippen molar-refractivity contribution in [3.63, 3.8) is 0 Å². The average Bonchev–Trinajstić information content (AvgIpc) is 4.12. The summed E-state index contributed by atoms with van der Waals surface area (Å²) in [6.07, 6.45) is 4.29. The number of rotatable bonds is 7. The molecule has 11 nitrogen and oxygen atoms in total. The van der Waals surface area contributed by atoms with Crippen LogP contribution in [0.3, 0.4) is 0 Å². The molecule has 2 N–H and O–H groups in total. The molecule has 6 heterocycles. The molecule has 12 rings (SSSR count). The second-order valence-electron chi connectivity index (χ2n) is 15.0. The van der Waals surface area contributed by atoms with Crippen molar-refractivity contribution < 1.29 is 18.0 Å². The van der Waals surface area contributed by atoms with Gasteiger partial charge in [0.1, 0.15) is 52.6 Å². The lowest BCUT2D eigenvalue weighted by molar-refractivity contribution is 0.402. The molecule has 0 saturated carbocycles. The van der Waals surface area contributed by atoms with Gasteiger partial charge in [0.25, 0.3) is 0 Å². The summed E-state index contributed by atoms with van der Waals surface area (Å²) in [5, 5.41) is 2.69. The Bertz CT molecular complexity index is 3410. The first kappa shape index (κ1) is 44.3. The van der Waals surface area contributed by atoms with Crippen LogP contribution in [-0.4, -0.2) is 37.0 Å². The van der Waals surface area contributed by atoms with Crippen LogP contribution < -0.4 is 10.5 Å². The normalized spacial score (nSPS) is 10.7. The summed E-state index contributed by atoms with van der Waals surface area (Å²) in [6.45, 7) is 0. The number of hydrogen-bond donors (Lipinski definition) is 1. The molecule has 0 radical (unpaired) electrons. The van der Waals surface area contributed by atoms with Gasteiger partial charge in [-0.15, -0.1) is 0 Å². The van der Waals surface area contributed by atoms with E-state index < -0.39 is 0 Å². The van der Waals surface area contributed by atoms with Gasteiger partial charge in [-0.25, -0.2) is 29.9 Å². The third kappa shape index (κ3) is 8.77. The number of nitrogens with two attached hydrogens (primary N) is 1. The van der Waals surface area contributed by atoms with E-state index in [4.69, 9.17) is 35.3 Å². The smallest absolute Gasteiger partial charge is 0.234 e. The van der Waals surface area contributed by atoms with E-state index >= 15 is 0 Å². The van der Waals surface area contributed by atoms with Crippen molar-refractivity contribution in [3.05, 3.63) is 206 Å². The van der Waals surface area contributed by atoms with Crippen molar-refractivity contribution in [2.45, 2.75) is 7.43 Å². The quantitative estimate of drug-likeness (QED) is 0.152. The lowest BCUT2D eigenvalue weighted by atomic mass is 9.99. The molecule has 0 aliphatic carbocycles. The summed E-state index contributed by atoms with van der Waals surface area (Å²) in [5.41, 5.74) is 16.5. The molecule has 0 amide bonds. The second kappa shape index (κ2) is 20.1. The van der Waals surface area contributed by atoms with Gasteiger partial charge in [0.15, 0.2) is 0 Å². The molecular weight excluding hydrogens is 870 g/mol. The van der Waals surface area contributed by atoms with Crippen LogP contribution >= 0.6 is 11.6 Å². The molecule has 0 aliphatic heterocycles. The molecule has 0 bridgehead atoms. The highest BCUT2D eigenvalue weighted by Crippen LogP contribution is 2.45. The number of hydrogen-bond acceptors (Lipinski definition) is 11. The van der Waals surface area contributed by atoms with E-state index in [0.29, 0.717) is 34.0 Å². The van der Waals surface area contributed by atoms with E-state index in [-0.39, 0.29) is 7.43 Å². The predicted molar refractivity (Wildman–Crippen MR) is 271 cm³/mol. The van der Waals surface area contributed by atoms with E-state index in [9.17, 15) is 0 Å². The number of aromatic nitrogens is 6. The van der Waals surface area contributed by atoms with Gasteiger partial charge in [-0.1, -0.05) is 201 Å². The Kier molecular flexibility index (Phi) is 13.1. The largest absolute Gasteiger partial charge is 0.480 e. The maximum Gasteiger partial charge on any atom is 0.234 e. The van der Waals surface area contributed by atoms with Gasteiger partial charge in [-0.2, -0.15) is 0 Å². The zero-order chi connectivity index (χ0) is 45.5. The fourth-order valence-corrected chi connectivity index (χ4v) is 8.15. The lowest BCUT2D eigenvalue weighted by Gasteiger charge is -2.05. The molecule has 332 valence electrons. The Morgan fingerprint density at radius 1 is 0.382 bits per heavy atom. The Balaban J connectivity index is 0.000000127. The Hall–Kier alpha value is -8.93. The van der Waals surface area contributed by atoms with E-state index in [1.807, 2.05) is 182 Å². The van der Waals surface area contributed by atoms with E-state index in [0.717, 1.165) is 83.5 Å². The summed E-state index contributed by atoms with van der Waals surface area (Å²) < 4.78 is 23.5. The fourth-order valence-electron chi connectivity index (χ4n) is 7.93. The molecule has 0 aliphatic rings. The first-order valence-corrected chi connectivity index (χ1v) is 21.5. The maximum absolute atomic E-state index is 6.30. The molecular formula is C56H42ClN7O4. The van der Waals surface area contributed by atoms with Crippen molar-refractivity contribution in [3.8, 4) is 73.2 Å². The minimum atomic E-state index is 0. The molecule has 68 heavy (non-hydrogen) atoms. The average molecular weight is 912 g/mol. The molecule has 6 aromatic carbocycles. The number of methoxy groups -OCH3 is 1. The van der Waals surface area contributed by atoms with Crippen molar-refractivity contribution in [1.82, 2.24) is 29.9 Å². The SMILES string of the molecule is C.COc1ncnc2oc(-c3ccccc3)c(-c3ccccc3)c12.Clc1ncnc2oc(-c3ccccc3)c(-c3ccccc3)c12.Nc1ncnc2oc(-c3ccccc3)c(-c3ccccc3)c12. The number of halogens is 1. The monoisotopic (exact) mass is 911 g/mol. The van der Waals surface area contributed by atoms with Crippen LogP contribution in [0.25, 0.3) is 101 Å². The highest BCUT2D eigenvalue weighted by atomic mass is 35.5. The van der Waals surface area contributed by atoms with Gasteiger partial charge in [-0.3, -0.25) is 0 Å². The maximum atomic E-state index is 6.30. The van der Waals surface area contributed by atoms with Gasteiger partial charge in [0, 0.05) is 33.4 Å². The Labute approximate surface area is 396 Å². The summed E-state index contributed by atoms with van der Waals surface area (Å²) >= 11 is 6.30. The minimum absolute atomic E-state index is 0. The lowest BCUT2D eigenvalue weighted by Crippen LogP contribution is -1.92. The molecule has 0 unspecified atom stereocenters. The van der Waals surface area contributed by atoms with E-state index in [1.165, 1.54) is 19.0 Å². The molecule has 12 heteroatoms. The fraction of sp³-hybridized carbons (Fsp3) is 0.0357. The van der Waals surface area contributed by atoms with E-state index in [1.54, 1.807) is 7.11 Å². The Morgan fingerprint density at radius 2 is 0.691 bits per heavy atom. The number of ether oxygens (including phenoxy) is 1. The predicted octanol–water partition coefficient (Wildman–Crippen LogP) is 14.6. The molecule has 12 aromatic rings. The van der Waals surface area contributed by atoms with Crippen LogP contribution in [0, 0.1) is 0 Å². The zero-order valence-corrected chi connectivity index (χ0v) is 36.6. The van der Waals surface area contributed by atoms with Gasteiger partial charge in [0.2, 0.25) is 23.0 Å². The number of nitrogen functional groups attached to an aromatic ring is 1. The topological polar surface area (TPSA) is 152 Å². The number of fused-ring (bicyclic) bond motifs is 3. The van der Waals surface area contributed by atoms with Gasteiger partial charge < -0.3 is 23.7 Å². The molecule has 0 spiro atoms. The van der Waals surface area contributed by atoms with Crippen molar-refractivity contribution in [1.29, 1.82) is 0 Å². The second-order valence-corrected chi connectivity index (χ2v) is 15.3. The van der Waals surface area contributed by atoms with Crippen LogP contribution in [0.5, 0.6) is 5.88 Å². The van der Waals surface area contributed by atoms with Crippen molar-refractivity contribution in [2.75, 3.05) is 12.8 Å². The van der Waals surface area contributed by atoms with Crippen LogP contribution in [-0.2, 0) is 0 Å². The summed E-state index contributed by atoms with van der Waals surface area (Å²) in [7, 11) is 1.60. The first-order chi connectivity index (χ1) is 33.1. The highest BCUT2D eigenvalue weighted by molar-refractivity contribution is 6.35. The minimum Gasteiger partial charge on any atom is -0.480 e. The van der Waals surface area contributed by atoms with Crippen LogP contribution in [0.15, 0.2) is 214 Å². The molecule has 0 atom stereocenters. The number of anilines is 1. The third-order valence-electron chi connectivity index (χ3n) is 10.9. The van der Waals surface area contributed by atoms with Crippen LogP contribution in [0.2, 0.25) is 5.15 Å². The molecule has 0 saturated heterocycles. The van der Waals surface area contributed by atoms with E-state index in [2.05, 4.69) is 29.9 Å². The third-order valence-corrected chi connectivity index (χ3v) is 11.2. The zero-order valence-electron chi connectivity index (χ0n) is 35.8. The van der Waals surface area contributed by atoms with Gasteiger partial charge in [0.05, 0.1) is 17.9 Å². The summed E-state index contributed by atoms with van der Waals surface area (Å²) in [4.78, 5) is 25.1. The van der Waals surface area contributed by atoms with Crippen molar-refractivity contribution in [2.24, 2.45) is 0 Å². The van der Waals surface area contributed by atoms with Crippen LogP contribution in [0.4, 0.5) is 5.82 Å². The van der Waals surface area contributed by atoms with Crippen molar-refractivity contribution >= 4 is 50.7 Å². The highest BCUT2D eigenvalue weighted by Gasteiger charge is 2.24. The molecule has 6 aromatic heterocycles. The van der Waals surface area contributed by atoms with Gasteiger partial charge >= 0.3 is 0 Å². The molecule has 0 fully saturated rings.